The van der Waals surface area contributed by atoms with Gasteiger partial charge in [-0.2, -0.15) is 0 Å². The lowest BCUT2D eigenvalue weighted by atomic mass is 9.97. The Balaban J connectivity index is 1.96. The fourth-order valence-corrected chi connectivity index (χ4v) is 2.01. The molecule has 0 heterocycles. The van der Waals surface area contributed by atoms with Gasteiger partial charge in [0.25, 0.3) is 0 Å². The molecule has 0 aromatic rings. The summed E-state index contributed by atoms with van der Waals surface area (Å²) in [6.07, 6.45) is 6.46. The summed E-state index contributed by atoms with van der Waals surface area (Å²) in [4.78, 5) is 11.8. The lowest BCUT2D eigenvalue weighted by molar-refractivity contribution is -0.127. The number of carbonyl (C=O) groups is 1. The first-order chi connectivity index (χ1) is 6.27. The molecule has 2 saturated carbocycles. The lowest BCUT2D eigenvalue weighted by Crippen LogP contribution is -2.53. The number of hydrogen-bond donors (Lipinski definition) is 2. The van der Waals surface area contributed by atoms with Gasteiger partial charge in [-0.05, 0) is 25.7 Å². The Morgan fingerprint density at radius 1 is 1.31 bits per heavy atom. The maximum Gasteiger partial charge on any atom is 0.240 e. The van der Waals surface area contributed by atoms with Crippen LogP contribution < -0.4 is 10.6 Å². The van der Waals surface area contributed by atoms with Crippen LogP contribution in [0.5, 0.6) is 0 Å². The highest BCUT2D eigenvalue weighted by atomic mass is 16.2. The molecule has 1 amide bonds. The maximum absolute atomic E-state index is 11.8. The minimum atomic E-state index is -0.345. The van der Waals surface area contributed by atoms with Gasteiger partial charge in [-0.15, -0.1) is 0 Å². The third-order valence-corrected chi connectivity index (χ3v) is 3.14. The molecule has 3 nitrogen and oxygen atoms in total. The minimum Gasteiger partial charge on any atom is -0.352 e. The van der Waals surface area contributed by atoms with E-state index in [1.807, 2.05) is 0 Å². The van der Waals surface area contributed by atoms with Gasteiger partial charge in [0.05, 0.1) is 5.54 Å². The van der Waals surface area contributed by atoms with Gasteiger partial charge in [-0.1, -0.05) is 12.8 Å². The topological polar surface area (TPSA) is 41.1 Å². The molecule has 13 heavy (non-hydrogen) atoms. The summed E-state index contributed by atoms with van der Waals surface area (Å²) in [7, 11) is 3.68. The Kier molecular flexibility index (Phi) is 2.28. The van der Waals surface area contributed by atoms with Gasteiger partial charge in [0, 0.05) is 13.1 Å². The zero-order valence-corrected chi connectivity index (χ0v) is 7.94. The smallest absolute Gasteiger partial charge is 0.240 e. The molecule has 0 spiro atoms. The monoisotopic (exact) mass is 181 g/mol. The molecule has 73 valence electrons. The summed E-state index contributed by atoms with van der Waals surface area (Å²) in [5, 5.41) is 5.99. The average molecular weight is 181 g/mol. The second kappa shape index (κ2) is 3.29. The summed E-state index contributed by atoms with van der Waals surface area (Å²) < 4.78 is 0. The molecule has 1 radical (unpaired) electrons. The lowest BCUT2D eigenvalue weighted by Gasteiger charge is -2.26. The summed E-state index contributed by atoms with van der Waals surface area (Å²) in [5.41, 5.74) is -0.345. The highest BCUT2D eigenvalue weighted by Crippen LogP contribution is 2.31. The van der Waals surface area contributed by atoms with Crippen LogP contribution in [0.2, 0.25) is 0 Å². The largest absolute Gasteiger partial charge is 0.352 e. The predicted molar refractivity (Wildman–Crippen MR) is 50.9 cm³/mol. The Morgan fingerprint density at radius 2 is 1.92 bits per heavy atom. The zero-order valence-electron chi connectivity index (χ0n) is 7.94. The normalized spacial score (nSPS) is 25.9. The molecule has 2 aliphatic carbocycles. The fraction of sp³-hybridized carbons (Fsp3) is 0.800. The van der Waals surface area contributed by atoms with E-state index in [4.69, 9.17) is 0 Å². The van der Waals surface area contributed by atoms with E-state index < -0.39 is 0 Å². The summed E-state index contributed by atoms with van der Waals surface area (Å²) >= 11 is 0. The summed E-state index contributed by atoms with van der Waals surface area (Å²) in [6.45, 7) is 0. The van der Waals surface area contributed by atoms with E-state index in [1.165, 1.54) is 0 Å². The van der Waals surface area contributed by atoms with E-state index in [0.717, 1.165) is 38.5 Å². The Labute approximate surface area is 79.3 Å². The van der Waals surface area contributed by atoms with Crippen LogP contribution in [0.4, 0.5) is 0 Å². The second-order valence-electron chi connectivity index (χ2n) is 4.21. The number of carbonyl (C=O) groups excluding carboxylic acids is 1. The van der Waals surface area contributed by atoms with Gasteiger partial charge in [-0.3, -0.25) is 4.79 Å². The number of nitrogens with one attached hydrogen (secondary N) is 2. The molecule has 0 aromatic carbocycles. The Morgan fingerprint density at radius 3 is 2.38 bits per heavy atom. The van der Waals surface area contributed by atoms with Crippen LogP contribution in [-0.4, -0.2) is 17.5 Å². The van der Waals surface area contributed by atoms with Crippen LogP contribution in [0.1, 0.15) is 38.5 Å². The van der Waals surface area contributed by atoms with Crippen molar-refractivity contribution < 1.29 is 4.79 Å². The minimum absolute atomic E-state index is 0.169. The van der Waals surface area contributed by atoms with E-state index in [-0.39, 0.29) is 11.4 Å². The molecule has 3 heteroatoms. The average Bonchev–Trinajstić information content (AvgIpc) is 2.83. The first-order valence-electron chi connectivity index (χ1n) is 5.12. The number of rotatable bonds is 3. The van der Waals surface area contributed by atoms with Crippen molar-refractivity contribution in [2.75, 3.05) is 0 Å². The van der Waals surface area contributed by atoms with Gasteiger partial charge in [0.1, 0.15) is 0 Å². The highest BCUT2D eigenvalue weighted by Gasteiger charge is 2.41. The first kappa shape index (κ1) is 9.00. The van der Waals surface area contributed by atoms with Crippen molar-refractivity contribution in [3.8, 4) is 0 Å². The zero-order chi connectivity index (χ0) is 9.31. The van der Waals surface area contributed by atoms with E-state index >= 15 is 0 Å². The number of hydrogen-bond acceptors (Lipinski definition) is 2. The van der Waals surface area contributed by atoms with Crippen molar-refractivity contribution in [3.05, 3.63) is 7.05 Å². The Hall–Kier alpha value is -0.570. The van der Waals surface area contributed by atoms with Crippen molar-refractivity contribution in [2.24, 2.45) is 0 Å². The Bertz CT molecular complexity index is 205. The van der Waals surface area contributed by atoms with E-state index in [2.05, 4.69) is 17.7 Å². The van der Waals surface area contributed by atoms with E-state index in [9.17, 15) is 4.79 Å². The van der Waals surface area contributed by atoms with Crippen LogP contribution in [0.15, 0.2) is 0 Å². The third kappa shape index (κ3) is 1.70. The predicted octanol–water partition coefficient (Wildman–Crippen LogP) is 0.959. The van der Waals surface area contributed by atoms with Gasteiger partial charge in [0.2, 0.25) is 5.91 Å². The molecule has 0 unspecified atom stereocenters. The standard InChI is InChI=1S/C10H17N2O/c1-11-10(6-2-3-7-10)9(13)12-8-4-5-8/h8,11H,1-7H2,(H,12,13). The van der Waals surface area contributed by atoms with E-state index in [1.54, 1.807) is 0 Å². The summed E-state index contributed by atoms with van der Waals surface area (Å²) in [5.74, 6) is 0.169. The van der Waals surface area contributed by atoms with Crippen molar-refractivity contribution in [2.45, 2.75) is 50.1 Å². The molecule has 2 aliphatic rings. The molecule has 2 rings (SSSR count). The summed E-state index contributed by atoms with van der Waals surface area (Å²) in [6, 6.07) is 0.457. The van der Waals surface area contributed by atoms with Gasteiger partial charge in [-0.25, -0.2) is 0 Å². The van der Waals surface area contributed by atoms with Crippen LogP contribution in [0.25, 0.3) is 0 Å². The molecular formula is C10H17N2O. The van der Waals surface area contributed by atoms with Crippen LogP contribution in [0.3, 0.4) is 0 Å². The first-order valence-corrected chi connectivity index (χ1v) is 5.12. The van der Waals surface area contributed by atoms with Gasteiger partial charge < -0.3 is 10.6 Å². The van der Waals surface area contributed by atoms with E-state index in [0.29, 0.717) is 6.04 Å². The maximum atomic E-state index is 11.8. The van der Waals surface area contributed by atoms with Crippen LogP contribution >= 0.6 is 0 Å². The quantitative estimate of drug-likeness (QED) is 0.681. The van der Waals surface area contributed by atoms with Crippen molar-refractivity contribution in [1.82, 2.24) is 10.6 Å². The van der Waals surface area contributed by atoms with Crippen LogP contribution in [-0.2, 0) is 4.79 Å². The van der Waals surface area contributed by atoms with Gasteiger partial charge in [0.15, 0.2) is 0 Å². The fourth-order valence-electron chi connectivity index (χ4n) is 2.01. The van der Waals surface area contributed by atoms with Crippen molar-refractivity contribution >= 4 is 5.91 Å². The van der Waals surface area contributed by atoms with Crippen molar-refractivity contribution in [1.29, 1.82) is 0 Å². The second-order valence-corrected chi connectivity index (χ2v) is 4.21. The highest BCUT2D eigenvalue weighted by molar-refractivity contribution is 5.87. The number of amides is 1. The molecule has 0 aromatic heterocycles. The van der Waals surface area contributed by atoms with Crippen molar-refractivity contribution in [3.63, 3.8) is 0 Å². The molecule has 2 N–H and O–H groups in total. The third-order valence-electron chi connectivity index (χ3n) is 3.14. The molecular weight excluding hydrogens is 164 g/mol. The molecule has 0 saturated heterocycles. The molecule has 0 aliphatic heterocycles. The SMILES string of the molecule is [CH2]NC1(C(=O)NC2CC2)CCCC1. The van der Waals surface area contributed by atoms with Gasteiger partial charge >= 0.3 is 0 Å². The molecule has 0 bridgehead atoms. The molecule has 2 fully saturated rings. The molecule has 0 atom stereocenters. The van der Waals surface area contributed by atoms with Crippen LogP contribution in [0, 0.1) is 7.05 Å².